The molecule has 0 unspecified atom stereocenters. The lowest BCUT2D eigenvalue weighted by atomic mass is 10.1. The average Bonchev–Trinajstić information content (AvgIpc) is 2.38. The minimum atomic E-state index is 0.668. The van der Waals surface area contributed by atoms with Crippen LogP contribution < -0.4 is 9.64 Å². The zero-order valence-electron chi connectivity index (χ0n) is 9.31. The van der Waals surface area contributed by atoms with E-state index >= 15 is 0 Å². The third kappa shape index (κ3) is 2.02. The van der Waals surface area contributed by atoms with E-state index in [-0.39, 0.29) is 0 Å². The van der Waals surface area contributed by atoms with Crippen LogP contribution in [0.25, 0.3) is 0 Å². The summed E-state index contributed by atoms with van der Waals surface area (Å²) in [5.41, 5.74) is 1.55. The smallest absolute Gasteiger partial charge is 0.152 e. The van der Waals surface area contributed by atoms with Crippen molar-refractivity contribution in [2.24, 2.45) is 0 Å². The molecule has 0 bridgehead atoms. The molecule has 1 fully saturated rings. The number of hydrogen-bond donors (Lipinski definition) is 0. The number of carbonyl (C=O) groups is 1. The fraction of sp³-hybridized carbons (Fsp3) is 0.417. The largest absolute Gasteiger partial charge is 0.495 e. The average molecular weight is 221 g/mol. The summed E-state index contributed by atoms with van der Waals surface area (Å²) in [7, 11) is 1.62. The maximum Gasteiger partial charge on any atom is 0.152 e. The molecule has 0 N–H and O–H groups in total. The Bertz CT molecular complexity index is 373. The third-order valence-corrected chi connectivity index (χ3v) is 2.70. The van der Waals surface area contributed by atoms with Crippen LogP contribution in [0.1, 0.15) is 10.4 Å². The van der Waals surface area contributed by atoms with Gasteiger partial charge < -0.3 is 14.4 Å². The summed E-state index contributed by atoms with van der Waals surface area (Å²) < 4.78 is 10.6. The van der Waals surface area contributed by atoms with E-state index < -0.39 is 0 Å². The molecular weight excluding hydrogens is 206 g/mol. The molecule has 1 saturated heterocycles. The fourth-order valence-corrected chi connectivity index (χ4v) is 1.92. The maximum atomic E-state index is 11.0. The molecule has 1 heterocycles. The van der Waals surface area contributed by atoms with Gasteiger partial charge in [0, 0.05) is 18.7 Å². The van der Waals surface area contributed by atoms with Crippen molar-refractivity contribution in [2.75, 3.05) is 38.3 Å². The number of hydrogen-bond acceptors (Lipinski definition) is 4. The van der Waals surface area contributed by atoms with E-state index in [0.717, 1.165) is 30.8 Å². The number of morpholine rings is 1. The van der Waals surface area contributed by atoms with Gasteiger partial charge in [-0.15, -0.1) is 0 Å². The zero-order chi connectivity index (χ0) is 11.4. The molecular formula is C12H15NO3. The van der Waals surface area contributed by atoms with Gasteiger partial charge in [0.2, 0.25) is 0 Å². The Kier molecular flexibility index (Phi) is 3.41. The Morgan fingerprint density at radius 3 is 2.75 bits per heavy atom. The van der Waals surface area contributed by atoms with E-state index in [9.17, 15) is 4.79 Å². The Morgan fingerprint density at radius 2 is 2.12 bits per heavy atom. The monoisotopic (exact) mass is 221 g/mol. The predicted octanol–water partition coefficient (Wildman–Crippen LogP) is 1.34. The third-order valence-electron chi connectivity index (χ3n) is 2.70. The van der Waals surface area contributed by atoms with Gasteiger partial charge in [0.25, 0.3) is 0 Å². The van der Waals surface area contributed by atoms with Crippen molar-refractivity contribution >= 4 is 12.0 Å². The van der Waals surface area contributed by atoms with Crippen molar-refractivity contribution in [1.29, 1.82) is 0 Å². The van der Waals surface area contributed by atoms with Crippen LogP contribution in [-0.2, 0) is 4.74 Å². The van der Waals surface area contributed by atoms with Crippen LogP contribution >= 0.6 is 0 Å². The lowest BCUT2D eigenvalue weighted by Gasteiger charge is -2.30. The highest BCUT2D eigenvalue weighted by molar-refractivity contribution is 5.87. The molecule has 0 aromatic heterocycles. The molecule has 1 aromatic rings. The van der Waals surface area contributed by atoms with Gasteiger partial charge in [-0.05, 0) is 12.1 Å². The first-order chi connectivity index (χ1) is 7.86. The summed E-state index contributed by atoms with van der Waals surface area (Å²) in [6.45, 7) is 2.97. The van der Waals surface area contributed by atoms with Crippen LogP contribution in [0.5, 0.6) is 5.75 Å². The molecule has 4 heteroatoms. The summed E-state index contributed by atoms with van der Waals surface area (Å²) >= 11 is 0. The van der Waals surface area contributed by atoms with Gasteiger partial charge in [-0.25, -0.2) is 0 Å². The van der Waals surface area contributed by atoms with Crippen molar-refractivity contribution in [2.45, 2.75) is 0 Å². The summed E-state index contributed by atoms with van der Waals surface area (Å²) in [5, 5.41) is 0. The van der Waals surface area contributed by atoms with Gasteiger partial charge >= 0.3 is 0 Å². The Labute approximate surface area is 94.8 Å². The van der Waals surface area contributed by atoms with Gasteiger partial charge in [0.15, 0.2) is 6.29 Å². The zero-order valence-corrected chi connectivity index (χ0v) is 9.31. The van der Waals surface area contributed by atoms with E-state index in [1.54, 1.807) is 13.2 Å². The van der Waals surface area contributed by atoms with Crippen molar-refractivity contribution in [3.63, 3.8) is 0 Å². The van der Waals surface area contributed by atoms with Crippen molar-refractivity contribution in [3.05, 3.63) is 23.8 Å². The normalized spacial score (nSPS) is 15.9. The number of para-hydroxylation sites is 1. The SMILES string of the molecule is COc1cccc(C=O)c1N1CCOCC1. The van der Waals surface area contributed by atoms with Crippen LogP contribution in [0.2, 0.25) is 0 Å². The molecule has 0 atom stereocenters. The molecule has 1 aliphatic heterocycles. The van der Waals surface area contributed by atoms with Gasteiger partial charge in [-0.3, -0.25) is 4.79 Å². The van der Waals surface area contributed by atoms with Crippen LogP contribution in [0.4, 0.5) is 5.69 Å². The molecule has 2 rings (SSSR count). The first-order valence-electron chi connectivity index (χ1n) is 5.31. The Morgan fingerprint density at radius 1 is 1.38 bits per heavy atom. The highest BCUT2D eigenvalue weighted by Crippen LogP contribution is 2.31. The van der Waals surface area contributed by atoms with E-state index in [0.29, 0.717) is 18.8 Å². The number of methoxy groups -OCH3 is 1. The molecule has 0 spiro atoms. The molecule has 0 saturated carbocycles. The molecule has 0 aliphatic carbocycles. The highest BCUT2D eigenvalue weighted by Gasteiger charge is 2.18. The molecule has 0 amide bonds. The van der Waals surface area contributed by atoms with Gasteiger partial charge in [-0.2, -0.15) is 0 Å². The van der Waals surface area contributed by atoms with Crippen LogP contribution in [-0.4, -0.2) is 39.7 Å². The quantitative estimate of drug-likeness (QED) is 0.722. The second kappa shape index (κ2) is 4.99. The lowest BCUT2D eigenvalue weighted by Crippen LogP contribution is -2.37. The van der Waals surface area contributed by atoms with Crippen LogP contribution in [0.3, 0.4) is 0 Å². The minimum absolute atomic E-state index is 0.668. The standard InChI is InChI=1S/C12H15NO3/c1-15-11-4-2-3-10(9-14)12(11)13-5-7-16-8-6-13/h2-4,9H,5-8H2,1H3. The van der Waals surface area contributed by atoms with Crippen molar-refractivity contribution in [1.82, 2.24) is 0 Å². The highest BCUT2D eigenvalue weighted by atomic mass is 16.5. The summed E-state index contributed by atoms with van der Waals surface area (Å²) in [4.78, 5) is 13.2. The number of aldehydes is 1. The second-order valence-electron chi connectivity index (χ2n) is 3.62. The summed E-state index contributed by atoms with van der Waals surface area (Å²) in [5.74, 6) is 0.742. The molecule has 16 heavy (non-hydrogen) atoms. The van der Waals surface area contributed by atoms with Crippen LogP contribution in [0.15, 0.2) is 18.2 Å². The maximum absolute atomic E-state index is 11.0. The summed E-state index contributed by atoms with van der Waals surface area (Å²) in [6, 6.07) is 5.50. The summed E-state index contributed by atoms with van der Waals surface area (Å²) in [6.07, 6.45) is 0.868. The number of carbonyl (C=O) groups excluding carboxylic acids is 1. The molecule has 0 radical (unpaired) electrons. The molecule has 86 valence electrons. The molecule has 1 aromatic carbocycles. The predicted molar refractivity (Wildman–Crippen MR) is 61.4 cm³/mol. The van der Waals surface area contributed by atoms with Crippen molar-refractivity contribution in [3.8, 4) is 5.75 Å². The van der Waals surface area contributed by atoms with Crippen LogP contribution in [0, 0.1) is 0 Å². The minimum Gasteiger partial charge on any atom is -0.495 e. The fourth-order valence-electron chi connectivity index (χ4n) is 1.92. The van der Waals surface area contributed by atoms with Crippen molar-refractivity contribution < 1.29 is 14.3 Å². The van der Waals surface area contributed by atoms with E-state index in [1.807, 2.05) is 12.1 Å². The van der Waals surface area contributed by atoms with Gasteiger partial charge in [0.1, 0.15) is 5.75 Å². The molecule has 1 aliphatic rings. The first-order valence-corrected chi connectivity index (χ1v) is 5.31. The molecule has 4 nitrogen and oxygen atoms in total. The van der Waals surface area contributed by atoms with Gasteiger partial charge in [-0.1, -0.05) is 6.07 Å². The van der Waals surface area contributed by atoms with E-state index in [1.165, 1.54) is 0 Å². The van der Waals surface area contributed by atoms with E-state index in [2.05, 4.69) is 4.90 Å². The Balaban J connectivity index is 2.38. The number of rotatable bonds is 3. The first kappa shape index (κ1) is 11.0. The number of ether oxygens (including phenoxy) is 2. The topological polar surface area (TPSA) is 38.8 Å². The number of anilines is 1. The van der Waals surface area contributed by atoms with E-state index in [4.69, 9.17) is 9.47 Å². The second-order valence-corrected chi connectivity index (χ2v) is 3.62. The number of benzene rings is 1. The van der Waals surface area contributed by atoms with Gasteiger partial charge in [0.05, 0.1) is 26.0 Å². The Hall–Kier alpha value is -1.55. The lowest BCUT2D eigenvalue weighted by molar-refractivity contribution is 0.111. The number of nitrogens with zero attached hydrogens (tertiary/aromatic N) is 1.